The summed E-state index contributed by atoms with van der Waals surface area (Å²) in [5, 5.41) is 1.18. The van der Waals surface area contributed by atoms with Crippen LogP contribution < -0.4 is 5.43 Å². The molecule has 0 aliphatic carbocycles. The average Bonchev–Trinajstić information content (AvgIpc) is 2.83. The quantitative estimate of drug-likeness (QED) is 0.325. The molecule has 1 N–H and O–H groups in total. The summed E-state index contributed by atoms with van der Waals surface area (Å²) in [5.41, 5.74) is 2.47. The molecule has 5 nitrogen and oxygen atoms in total. The first-order valence-corrected chi connectivity index (χ1v) is 10.8. The lowest BCUT2D eigenvalue weighted by molar-refractivity contribution is -0.134. The Morgan fingerprint density at radius 2 is 1.68 bits per heavy atom. The zero-order chi connectivity index (χ0) is 23.9. The number of aryl methyl sites for hydroxylation is 1. The van der Waals surface area contributed by atoms with E-state index in [0.717, 1.165) is 10.9 Å². The van der Waals surface area contributed by atoms with Crippen molar-refractivity contribution in [2.45, 2.75) is 19.0 Å². The molecule has 2 aromatic carbocycles. The van der Waals surface area contributed by atoms with E-state index in [2.05, 4.69) is 19.9 Å². The number of aromatic nitrogens is 4. The number of rotatable bonds is 4. The number of fused-ring (bicyclic) bond motifs is 2. The first kappa shape index (κ1) is 22.0. The number of nitrogens with one attached hydrogen (secondary N) is 1. The summed E-state index contributed by atoms with van der Waals surface area (Å²) in [4.78, 5) is 29.4. The van der Waals surface area contributed by atoms with Crippen LogP contribution >= 0.6 is 11.6 Å². The van der Waals surface area contributed by atoms with Gasteiger partial charge in [0.25, 0.3) is 0 Å². The molecule has 3 heterocycles. The summed E-state index contributed by atoms with van der Waals surface area (Å²) in [6, 6.07) is 16.5. The van der Waals surface area contributed by atoms with E-state index >= 15 is 0 Å². The Morgan fingerprint density at radius 1 is 0.912 bits per heavy atom. The molecule has 5 aromatic rings. The minimum Gasteiger partial charge on any atom is -0.344 e. The van der Waals surface area contributed by atoms with Gasteiger partial charge < -0.3 is 4.98 Å². The minimum absolute atomic E-state index is 0.00159. The van der Waals surface area contributed by atoms with Crippen molar-refractivity contribution < 1.29 is 13.2 Å². The van der Waals surface area contributed by atoms with Gasteiger partial charge >= 0.3 is 6.18 Å². The van der Waals surface area contributed by atoms with Gasteiger partial charge in [-0.1, -0.05) is 48.0 Å². The Labute approximate surface area is 196 Å². The number of alkyl halides is 3. The lowest BCUT2D eigenvalue weighted by atomic mass is 10.0. The second kappa shape index (κ2) is 8.53. The lowest BCUT2D eigenvalue weighted by Gasteiger charge is -2.12. The monoisotopic (exact) mass is 480 g/mol. The third kappa shape index (κ3) is 4.24. The number of hydrogen-bond acceptors (Lipinski definition) is 4. The molecular weight excluding hydrogens is 465 g/mol. The van der Waals surface area contributed by atoms with Gasteiger partial charge in [0, 0.05) is 40.9 Å². The van der Waals surface area contributed by atoms with E-state index in [1.165, 1.54) is 6.20 Å². The summed E-state index contributed by atoms with van der Waals surface area (Å²) in [7, 11) is 0. The number of nitrogens with zero attached hydrogens (tertiary/aromatic N) is 3. The van der Waals surface area contributed by atoms with Crippen LogP contribution in [0.1, 0.15) is 12.0 Å². The van der Waals surface area contributed by atoms with Crippen molar-refractivity contribution in [3.8, 4) is 22.5 Å². The highest BCUT2D eigenvalue weighted by Crippen LogP contribution is 2.34. The number of pyridine rings is 2. The van der Waals surface area contributed by atoms with Gasteiger partial charge in [-0.25, -0.2) is 9.97 Å². The number of benzene rings is 2. The highest BCUT2D eigenvalue weighted by molar-refractivity contribution is 6.35. The normalized spacial score (nSPS) is 11.9. The molecule has 0 amide bonds. The smallest absolute Gasteiger partial charge is 0.344 e. The number of aromatic amines is 1. The minimum atomic E-state index is -4.37. The van der Waals surface area contributed by atoms with Crippen molar-refractivity contribution in [3.05, 3.63) is 87.8 Å². The molecule has 9 heteroatoms. The Hall–Kier alpha value is -3.78. The first-order valence-electron chi connectivity index (χ1n) is 10.4. The molecule has 0 saturated carbocycles. The number of hydrogen-bond donors (Lipinski definition) is 1. The summed E-state index contributed by atoms with van der Waals surface area (Å²) in [5.74, 6) is 0. The van der Waals surface area contributed by atoms with Gasteiger partial charge in [-0.15, -0.1) is 0 Å². The SMILES string of the molecule is O=c1c(CCC(F)(F)F)c[nH]c2nc(-c3ccccc3)c(-c3cc(Cl)c4ncccc4c3)nc12. The fourth-order valence-electron chi connectivity index (χ4n) is 3.81. The van der Waals surface area contributed by atoms with Crippen molar-refractivity contribution in [2.75, 3.05) is 0 Å². The molecule has 0 unspecified atom stereocenters. The lowest BCUT2D eigenvalue weighted by Crippen LogP contribution is -2.17. The van der Waals surface area contributed by atoms with Gasteiger partial charge in [-0.05, 0) is 24.6 Å². The van der Waals surface area contributed by atoms with E-state index in [1.54, 1.807) is 18.3 Å². The largest absolute Gasteiger partial charge is 0.389 e. The topological polar surface area (TPSA) is 71.5 Å². The van der Waals surface area contributed by atoms with E-state index in [9.17, 15) is 18.0 Å². The van der Waals surface area contributed by atoms with Crippen molar-refractivity contribution in [1.82, 2.24) is 19.9 Å². The van der Waals surface area contributed by atoms with E-state index in [0.29, 0.717) is 27.5 Å². The van der Waals surface area contributed by atoms with Crippen LogP contribution in [0.5, 0.6) is 0 Å². The maximum Gasteiger partial charge on any atom is 0.389 e. The van der Waals surface area contributed by atoms with Crippen molar-refractivity contribution >= 4 is 33.7 Å². The fourth-order valence-corrected chi connectivity index (χ4v) is 4.09. The molecule has 0 aliphatic rings. The van der Waals surface area contributed by atoms with E-state index < -0.39 is 24.4 Å². The Bertz CT molecular complexity index is 1580. The summed E-state index contributed by atoms with van der Waals surface area (Å²) >= 11 is 6.48. The predicted molar refractivity (Wildman–Crippen MR) is 126 cm³/mol. The van der Waals surface area contributed by atoms with Crippen LogP contribution in [0.3, 0.4) is 0 Å². The van der Waals surface area contributed by atoms with Gasteiger partial charge in [0.05, 0.1) is 21.9 Å². The molecule has 3 aromatic heterocycles. The van der Waals surface area contributed by atoms with Crippen molar-refractivity contribution in [3.63, 3.8) is 0 Å². The molecule has 5 rings (SSSR count). The summed E-state index contributed by atoms with van der Waals surface area (Å²) < 4.78 is 38.2. The van der Waals surface area contributed by atoms with Crippen molar-refractivity contribution in [2.24, 2.45) is 0 Å². The van der Waals surface area contributed by atoms with Crippen LogP contribution in [0.25, 0.3) is 44.6 Å². The third-order valence-corrected chi connectivity index (χ3v) is 5.73. The van der Waals surface area contributed by atoms with Crippen molar-refractivity contribution in [1.29, 1.82) is 0 Å². The number of H-pyrrole nitrogens is 1. The molecule has 34 heavy (non-hydrogen) atoms. The average molecular weight is 481 g/mol. The molecule has 0 bridgehead atoms. The zero-order valence-corrected chi connectivity index (χ0v) is 18.3. The van der Waals surface area contributed by atoms with Crippen LogP contribution in [-0.2, 0) is 6.42 Å². The van der Waals surface area contributed by atoms with Gasteiger partial charge in [0.15, 0.2) is 11.2 Å². The molecule has 0 spiro atoms. The molecule has 0 radical (unpaired) electrons. The highest BCUT2D eigenvalue weighted by Gasteiger charge is 2.27. The van der Waals surface area contributed by atoms with Crippen LogP contribution in [0.15, 0.2) is 71.8 Å². The molecule has 0 atom stereocenters. The fraction of sp³-hybridized carbons (Fsp3) is 0.120. The third-order valence-electron chi connectivity index (χ3n) is 5.44. The summed E-state index contributed by atoms with van der Waals surface area (Å²) in [6.45, 7) is 0. The Morgan fingerprint density at radius 3 is 2.44 bits per heavy atom. The van der Waals surface area contributed by atoms with E-state index in [4.69, 9.17) is 11.6 Å². The molecular formula is C25H16ClF3N4O. The van der Waals surface area contributed by atoms with E-state index in [1.807, 2.05) is 42.5 Å². The summed E-state index contributed by atoms with van der Waals surface area (Å²) in [6.07, 6.45) is -3.00. The van der Waals surface area contributed by atoms with Crippen LogP contribution in [-0.4, -0.2) is 26.1 Å². The molecule has 0 aliphatic heterocycles. The second-order valence-electron chi connectivity index (χ2n) is 7.78. The first-order chi connectivity index (χ1) is 16.3. The van der Waals surface area contributed by atoms with Crippen LogP contribution in [0.2, 0.25) is 5.02 Å². The molecule has 170 valence electrons. The maximum atomic E-state index is 13.0. The highest BCUT2D eigenvalue weighted by atomic mass is 35.5. The Kier molecular flexibility index (Phi) is 5.53. The van der Waals surface area contributed by atoms with Crippen LogP contribution in [0, 0.1) is 0 Å². The zero-order valence-electron chi connectivity index (χ0n) is 17.5. The van der Waals surface area contributed by atoms with E-state index in [-0.39, 0.29) is 16.7 Å². The maximum absolute atomic E-state index is 13.0. The van der Waals surface area contributed by atoms with Gasteiger partial charge in [-0.3, -0.25) is 9.78 Å². The van der Waals surface area contributed by atoms with Gasteiger partial charge in [0.2, 0.25) is 5.43 Å². The standard InChI is InChI=1S/C25H16ClF3N4O/c26-18-12-17(11-15-7-4-10-30-19(15)18)21-20(14-5-2-1-3-6-14)33-24-22(32-21)23(34)16(13-31-24)8-9-25(27,28)29/h1-7,10-13H,8-9H2,(H,31,33,34). The second-order valence-corrected chi connectivity index (χ2v) is 8.18. The Balaban J connectivity index is 1.76. The predicted octanol–water partition coefficient (Wildman–Crippen LogP) is 6.35. The van der Waals surface area contributed by atoms with Gasteiger partial charge in [-0.2, -0.15) is 13.2 Å². The van der Waals surface area contributed by atoms with Gasteiger partial charge in [0.1, 0.15) is 0 Å². The molecule has 0 fully saturated rings. The van der Waals surface area contributed by atoms with Crippen LogP contribution in [0.4, 0.5) is 13.2 Å². The molecule has 0 saturated heterocycles. The number of halogens is 4.